The third kappa shape index (κ3) is 2.73. The van der Waals surface area contributed by atoms with Gasteiger partial charge in [-0.25, -0.2) is 9.79 Å². The van der Waals surface area contributed by atoms with Gasteiger partial charge in [0.05, 0.1) is 10.6 Å². The highest BCUT2D eigenvalue weighted by Gasteiger charge is 2.25. The van der Waals surface area contributed by atoms with Gasteiger partial charge in [-0.3, -0.25) is 0 Å². The van der Waals surface area contributed by atoms with Crippen molar-refractivity contribution in [2.45, 2.75) is 6.92 Å². The second-order valence-corrected chi connectivity index (χ2v) is 5.08. The van der Waals surface area contributed by atoms with Crippen molar-refractivity contribution in [3.8, 4) is 0 Å². The van der Waals surface area contributed by atoms with Gasteiger partial charge >= 0.3 is 5.97 Å². The molecule has 21 heavy (non-hydrogen) atoms. The minimum atomic E-state index is -0.465. The topological polar surface area (TPSA) is 38.7 Å². The Balaban J connectivity index is 2.00. The van der Waals surface area contributed by atoms with Gasteiger partial charge in [0.25, 0.3) is 0 Å². The number of halogens is 1. The summed E-state index contributed by atoms with van der Waals surface area (Å²) in [6.45, 7) is 1.98. The highest BCUT2D eigenvalue weighted by molar-refractivity contribution is 6.34. The molecule has 3 rings (SSSR count). The van der Waals surface area contributed by atoms with E-state index >= 15 is 0 Å². The maximum atomic E-state index is 11.9. The Morgan fingerprint density at radius 2 is 1.81 bits per heavy atom. The summed E-state index contributed by atoms with van der Waals surface area (Å²) < 4.78 is 5.21. The van der Waals surface area contributed by atoms with Crippen molar-refractivity contribution >= 4 is 29.5 Å². The van der Waals surface area contributed by atoms with E-state index in [1.165, 1.54) is 0 Å². The summed E-state index contributed by atoms with van der Waals surface area (Å²) in [5.74, 6) is -0.224. The molecule has 0 saturated carbocycles. The van der Waals surface area contributed by atoms with Crippen LogP contribution in [0.1, 0.15) is 16.7 Å². The summed E-state index contributed by atoms with van der Waals surface area (Å²) in [4.78, 5) is 16.2. The smallest absolute Gasteiger partial charge is 0.363 e. The minimum absolute atomic E-state index is 0.241. The summed E-state index contributed by atoms with van der Waals surface area (Å²) in [7, 11) is 0. The fraction of sp³-hybridized carbons (Fsp3) is 0.0588. The molecule has 0 spiro atoms. The zero-order valence-electron chi connectivity index (χ0n) is 11.3. The molecule has 4 heteroatoms. The Bertz CT molecular complexity index is 778. The molecule has 0 aromatic heterocycles. The van der Waals surface area contributed by atoms with Crippen LogP contribution in [-0.2, 0) is 9.53 Å². The van der Waals surface area contributed by atoms with Crippen molar-refractivity contribution in [1.82, 2.24) is 0 Å². The lowest BCUT2D eigenvalue weighted by molar-refractivity contribution is -0.129. The molecule has 0 aliphatic carbocycles. The second-order valence-electron chi connectivity index (χ2n) is 4.67. The third-order valence-electron chi connectivity index (χ3n) is 3.21. The molecule has 104 valence electrons. The van der Waals surface area contributed by atoms with E-state index in [9.17, 15) is 4.79 Å². The Hall–Kier alpha value is -2.39. The molecule has 2 aromatic rings. The number of ether oxygens (including phenoxy) is 1. The molecule has 1 aliphatic heterocycles. The van der Waals surface area contributed by atoms with E-state index in [0.29, 0.717) is 10.6 Å². The van der Waals surface area contributed by atoms with Gasteiger partial charge in [0, 0.05) is 0 Å². The van der Waals surface area contributed by atoms with E-state index < -0.39 is 5.97 Å². The summed E-state index contributed by atoms with van der Waals surface area (Å²) in [5.41, 5.74) is 2.90. The number of hydrogen-bond donors (Lipinski definition) is 0. The number of aryl methyl sites for hydroxylation is 1. The number of esters is 1. The number of carbonyl (C=O) groups is 1. The zero-order valence-corrected chi connectivity index (χ0v) is 12.1. The summed E-state index contributed by atoms with van der Waals surface area (Å²) >= 11 is 6.09. The first-order valence-corrected chi connectivity index (χ1v) is 6.86. The van der Waals surface area contributed by atoms with E-state index in [4.69, 9.17) is 16.3 Å². The molecule has 0 radical (unpaired) electrons. The van der Waals surface area contributed by atoms with Gasteiger partial charge in [-0.15, -0.1) is 0 Å². The first-order chi connectivity index (χ1) is 10.1. The van der Waals surface area contributed by atoms with Crippen molar-refractivity contribution in [3.63, 3.8) is 0 Å². The van der Waals surface area contributed by atoms with E-state index in [1.54, 1.807) is 18.2 Å². The van der Waals surface area contributed by atoms with Crippen LogP contribution in [0.4, 0.5) is 0 Å². The maximum absolute atomic E-state index is 11.9. The predicted molar refractivity (Wildman–Crippen MR) is 83.2 cm³/mol. The molecule has 0 atom stereocenters. The van der Waals surface area contributed by atoms with Gasteiger partial charge in [-0.2, -0.15) is 0 Å². The van der Waals surface area contributed by atoms with Crippen LogP contribution in [0.25, 0.3) is 6.08 Å². The number of carbonyl (C=O) groups excluding carboxylic acids is 1. The Kier molecular flexibility index (Phi) is 3.59. The van der Waals surface area contributed by atoms with E-state index in [-0.39, 0.29) is 11.6 Å². The Morgan fingerprint density at radius 3 is 2.57 bits per heavy atom. The van der Waals surface area contributed by atoms with Crippen LogP contribution in [0.5, 0.6) is 0 Å². The normalized spacial score (nSPS) is 16.0. The monoisotopic (exact) mass is 297 g/mol. The SMILES string of the molecule is Cc1ccccc1/C=C1\N=C(c2ccccc2Cl)OC1=O. The molecule has 1 heterocycles. The van der Waals surface area contributed by atoms with Crippen LogP contribution >= 0.6 is 11.6 Å². The minimum Gasteiger partial charge on any atom is -0.402 e. The molecule has 1 aliphatic rings. The number of benzene rings is 2. The molecule has 0 amide bonds. The maximum Gasteiger partial charge on any atom is 0.363 e. The average Bonchev–Trinajstić information content (AvgIpc) is 2.83. The highest BCUT2D eigenvalue weighted by atomic mass is 35.5. The molecule has 0 fully saturated rings. The second kappa shape index (κ2) is 5.54. The lowest BCUT2D eigenvalue weighted by atomic mass is 10.1. The van der Waals surface area contributed by atoms with E-state index in [1.807, 2.05) is 43.3 Å². The van der Waals surface area contributed by atoms with Crippen LogP contribution in [0, 0.1) is 6.92 Å². The van der Waals surface area contributed by atoms with E-state index in [2.05, 4.69) is 4.99 Å². The quantitative estimate of drug-likeness (QED) is 0.621. The van der Waals surface area contributed by atoms with Crippen LogP contribution in [0.3, 0.4) is 0 Å². The van der Waals surface area contributed by atoms with Gasteiger partial charge in [-0.1, -0.05) is 48.0 Å². The number of cyclic esters (lactones) is 1. The van der Waals surface area contributed by atoms with Crippen molar-refractivity contribution in [3.05, 3.63) is 75.9 Å². The standard InChI is InChI=1S/C17H12ClNO2/c1-11-6-2-3-7-12(11)10-15-17(20)21-16(19-15)13-8-4-5-9-14(13)18/h2-10H,1H3/b15-10-. The lowest BCUT2D eigenvalue weighted by Gasteiger charge is -2.00. The average molecular weight is 298 g/mol. The van der Waals surface area contributed by atoms with Crippen molar-refractivity contribution in [2.24, 2.45) is 4.99 Å². The van der Waals surface area contributed by atoms with Gasteiger partial charge < -0.3 is 4.74 Å². The zero-order chi connectivity index (χ0) is 14.8. The molecule has 0 N–H and O–H groups in total. The van der Waals surface area contributed by atoms with Crippen molar-refractivity contribution in [2.75, 3.05) is 0 Å². The molecule has 0 saturated heterocycles. The first kappa shape index (κ1) is 13.6. The highest BCUT2D eigenvalue weighted by Crippen LogP contribution is 2.24. The molecular formula is C17H12ClNO2. The summed E-state index contributed by atoms with van der Waals surface area (Å²) in [6, 6.07) is 14.9. The fourth-order valence-electron chi connectivity index (χ4n) is 2.06. The van der Waals surface area contributed by atoms with Crippen LogP contribution in [-0.4, -0.2) is 11.9 Å². The molecular weight excluding hydrogens is 286 g/mol. The molecule has 0 unspecified atom stereocenters. The van der Waals surface area contributed by atoms with Crippen molar-refractivity contribution in [1.29, 1.82) is 0 Å². The van der Waals surface area contributed by atoms with Crippen LogP contribution in [0.2, 0.25) is 5.02 Å². The van der Waals surface area contributed by atoms with E-state index in [0.717, 1.165) is 11.1 Å². The lowest BCUT2D eigenvalue weighted by Crippen LogP contribution is -2.05. The summed E-state index contributed by atoms with van der Waals surface area (Å²) in [5, 5.41) is 0.501. The Morgan fingerprint density at radius 1 is 1.10 bits per heavy atom. The number of aliphatic imine (C=N–C) groups is 1. The third-order valence-corrected chi connectivity index (χ3v) is 3.54. The van der Waals surface area contributed by atoms with Gasteiger partial charge in [0.1, 0.15) is 0 Å². The number of hydrogen-bond acceptors (Lipinski definition) is 3. The largest absolute Gasteiger partial charge is 0.402 e. The fourth-order valence-corrected chi connectivity index (χ4v) is 2.27. The van der Waals surface area contributed by atoms with Gasteiger partial charge in [-0.05, 0) is 36.3 Å². The van der Waals surface area contributed by atoms with Crippen LogP contribution < -0.4 is 0 Å². The van der Waals surface area contributed by atoms with Gasteiger partial charge in [0.15, 0.2) is 5.70 Å². The van der Waals surface area contributed by atoms with Crippen molar-refractivity contribution < 1.29 is 9.53 Å². The van der Waals surface area contributed by atoms with Crippen LogP contribution in [0.15, 0.2) is 59.2 Å². The van der Waals surface area contributed by atoms with Gasteiger partial charge in [0.2, 0.25) is 5.90 Å². The molecule has 3 nitrogen and oxygen atoms in total. The molecule has 0 bridgehead atoms. The predicted octanol–water partition coefficient (Wildman–Crippen LogP) is 3.99. The Labute approximate surface area is 127 Å². The molecule has 2 aromatic carbocycles. The number of nitrogens with zero attached hydrogens (tertiary/aromatic N) is 1. The summed E-state index contributed by atoms with van der Waals surface area (Å²) in [6.07, 6.45) is 1.72. The first-order valence-electron chi connectivity index (χ1n) is 6.48. The number of rotatable bonds is 2.